The molecule has 0 aromatic rings. The molecule has 0 spiro atoms. The molecule has 3 nitrogen and oxygen atoms in total. The highest BCUT2D eigenvalue weighted by Gasteiger charge is 2.22. The van der Waals surface area contributed by atoms with E-state index >= 15 is 0 Å². The van der Waals surface area contributed by atoms with Crippen molar-refractivity contribution in [1.82, 2.24) is 4.72 Å². The Labute approximate surface area is 104 Å². The van der Waals surface area contributed by atoms with Crippen molar-refractivity contribution in [3.8, 4) is 0 Å². The van der Waals surface area contributed by atoms with Gasteiger partial charge in [-0.15, -0.1) is 11.6 Å². The lowest BCUT2D eigenvalue weighted by Gasteiger charge is -2.25. The average Bonchev–Trinajstić information content (AvgIpc) is 2.13. The van der Waals surface area contributed by atoms with E-state index in [1.165, 1.54) is 0 Å². The van der Waals surface area contributed by atoms with E-state index in [-0.39, 0.29) is 17.0 Å². The molecule has 1 N–H and O–H groups in total. The van der Waals surface area contributed by atoms with E-state index in [9.17, 15) is 8.42 Å². The zero-order valence-corrected chi connectivity index (χ0v) is 11.6. The molecule has 1 aliphatic rings. The van der Waals surface area contributed by atoms with Crippen molar-refractivity contribution in [1.29, 1.82) is 0 Å². The van der Waals surface area contributed by atoms with Crippen molar-refractivity contribution in [2.24, 2.45) is 11.8 Å². The smallest absolute Gasteiger partial charge is 0.211 e. The Balaban J connectivity index is 2.33. The fourth-order valence-electron chi connectivity index (χ4n) is 2.15. The van der Waals surface area contributed by atoms with Crippen LogP contribution in [0.5, 0.6) is 0 Å². The molecule has 1 fully saturated rings. The van der Waals surface area contributed by atoms with Crippen molar-refractivity contribution in [3.63, 3.8) is 0 Å². The zero-order valence-electron chi connectivity index (χ0n) is 10.1. The van der Waals surface area contributed by atoms with Crippen molar-refractivity contribution in [2.75, 3.05) is 12.3 Å². The highest BCUT2D eigenvalue weighted by atomic mass is 35.5. The first kappa shape index (κ1) is 14.3. The van der Waals surface area contributed by atoms with E-state index in [4.69, 9.17) is 11.6 Å². The van der Waals surface area contributed by atoms with Gasteiger partial charge in [-0.2, -0.15) is 0 Å². The second-order valence-electron chi connectivity index (χ2n) is 5.15. The molecule has 0 aromatic heterocycles. The number of hydrogen-bond donors (Lipinski definition) is 1. The van der Waals surface area contributed by atoms with Crippen LogP contribution >= 0.6 is 11.6 Å². The fourth-order valence-corrected chi connectivity index (χ4v) is 4.04. The summed E-state index contributed by atoms with van der Waals surface area (Å²) in [5.41, 5.74) is 0. The summed E-state index contributed by atoms with van der Waals surface area (Å²) in [6.07, 6.45) is 4.21. The van der Waals surface area contributed by atoms with Gasteiger partial charge >= 0.3 is 0 Å². The molecule has 0 aromatic carbocycles. The minimum Gasteiger partial charge on any atom is -0.215 e. The molecule has 2 unspecified atom stereocenters. The maximum atomic E-state index is 11.6. The SMILES string of the molecule is CC(C)CS(=O)(=O)NCC1CCCC(Cl)C1. The Morgan fingerprint density at radius 1 is 1.38 bits per heavy atom. The molecule has 0 bridgehead atoms. The summed E-state index contributed by atoms with van der Waals surface area (Å²) in [7, 11) is -3.09. The largest absolute Gasteiger partial charge is 0.215 e. The van der Waals surface area contributed by atoms with Crippen LogP contribution in [0.1, 0.15) is 39.5 Å². The number of sulfonamides is 1. The Morgan fingerprint density at radius 3 is 2.62 bits per heavy atom. The van der Waals surface area contributed by atoms with Gasteiger partial charge in [0.1, 0.15) is 0 Å². The molecule has 1 rings (SSSR count). The van der Waals surface area contributed by atoms with E-state index in [1.54, 1.807) is 0 Å². The topological polar surface area (TPSA) is 46.2 Å². The van der Waals surface area contributed by atoms with Gasteiger partial charge in [0, 0.05) is 11.9 Å². The van der Waals surface area contributed by atoms with Gasteiger partial charge in [-0.25, -0.2) is 13.1 Å². The van der Waals surface area contributed by atoms with Crippen LogP contribution in [0.4, 0.5) is 0 Å². The van der Waals surface area contributed by atoms with E-state index < -0.39 is 10.0 Å². The first-order valence-corrected chi connectivity index (χ1v) is 8.09. The van der Waals surface area contributed by atoms with Crippen LogP contribution in [0.2, 0.25) is 0 Å². The van der Waals surface area contributed by atoms with Gasteiger partial charge < -0.3 is 0 Å². The summed E-state index contributed by atoms with van der Waals surface area (Å²) in [5.74, 6) is 0.798. The summed E-state index contributed by atoms with van der Waals surface area (Å²) in [5, 5.41) is 0.230. The van der Waals surface area contributed by atoms with Crippen LogP contribution < -0.4 is 4.72 Å². The molecular weight excluding hydrogens is 246 g/mol. The summed E-state index contributed by atoms with van der Waals surface area (Å²) in [4.78, 5) is 0. The van der Waals surface area contributed by atoms with Crippen LogP contribution in [-0.2, 0) is 10.0 Å². The predicted molar refractivity (Wildman–Crippen MR) is 68.2 cm³/mol. The molecule has 0 saturated heterocycles. The highest BCUT2D eigenvalue weighted by molar-refractivity contribution is 7.89. The molecule has 0 radical (unpaired) electrons. The third kappa shape index (κ3) is 5.51. The first-order chi connectivity index (χ1) is 7.39. The van der Waals surface area contributed by atoms with Crippen LogP contribution in [0.15, 0.2) is 0 Å². The van der Waals surface area contributed by atoms with Crippen molar-refractivity contribution in [2.45, 2.75) is 44.9 Å². The molecule has 1 saturated carbocycles. The molecule has 0 heterocycles. The van der Waals surface area contributed by atoms with E-state index in [2.05, 4.69) is 4.72 Å². The number of halogens is 1. The van der Waals surface area contributed by atoms with Gasteiger partial charge in [0.05, 0.1) is 5.75 Å². The monoisotopic (exact) mass is 267 g/mol. The molecular formula is C11H22ClNO2S. The van der Waals surface area contributed by atoms with Gasteiger partial charge in [-0.1, -0.05) is 20.3 Å². The molecule has 0 aliphatic heterocycles. The van der Waals surface area contributed by atoms with E-state index in [1.807, 2.05) is 13.8 Å². The number of alkyl halides is 1. The summed E-state index contributed by atoms with van der Waals surface area (Å²) in [6.45, 7) is 4.38. The van der Waals surface area contributed by atoms with Crippen LogP contribution in [-0.4, -0.2) is 26.1 Å². The summed E-state index contributed by atoms with van der Waals surface area (Å²) >= 11 is 6.07. The summed E-state index contributed by atoms with van der Waals surface area (Å²) in [6, 6.07) is 0. The van der Waals surface area contributed by atoms with Crippen molar-refractivity contribution < 1.29 is 8.42 Å². The Bertz CT molecular complexity index is 303. The molecule has 5 heteroatoms. The number of rotatable bonds is 5. The van der Waals surface area contributed by atoms with Crippen LogP contribution in [0, 0.1) is 11.8 Å². The second-order valence-corrected chi connectivity index (χ2v) is 7.62. The average molecular weight is 268 g/mol. The minimum atomic E-state index is -3.09. The van der Waals surface area contributed by atoms with Gasteiger partial charge in [0.15, 0.2) is 0 Å². The normalized spacial score (nSPS) is 27.2. The zero-order chi connectivity index (χ0) is 12.2. The maximum Gasteiger partial charge on any atom is 0.211 e. The fraction of sp³-hybridized carbons (Fsp3) is 1.00. The Kier molecular flexibility index (Phi) is 5.54. The third-order valence-corrected chi connectivity index (χ3v) is 4.97. The standard InChI is InChI=1S/C11H22ClNO2S/c1-9(2)8-16(14,15)13-7-10-4-3-5-11(12)6-10/h9-11,13H,3-8H2,1-2H3. The summed E-state index contributed by atoms with van der Waals surface area (Å²) < 4.78 is 25.9. The molecule has 2 atom stereocenters. The van der Waals surface area contributed by atoms with Gasteiger partial charge in [0.25, 0.3) is 0 Å². The van der Waals surface area contributed by atoms with E-state index in [0.29, 0.717) is 12.5 Å². The van der Waals surface area contributed by atoms with Gasteiger partial charge in [0.2, 0.25) is 10.0 Å². The van der Waals surface area contributed by atoms with Crippen LogP contribution in [0.3, 0.4) is 0 Å². The molecule has 1 aliphatic carbocycles. The lowest BCUT2D eigenvalue weighted by molar-refractivity contribution is 0.361. The Hall–Kier alpha value is 0.200. The molecule has 0 amide bonds. The first-order valence-electron chi connectivity index (χ1n) is 6.00. The number of nitrogens with one attached hydrogen (secondary N) is 1. The molecule has 16 heavy (non-hydrogen) atoms. The third-order valence-electron chi connectivity index (χ3n) is 2.86. The van der Waals surface area contributed by atoms with Gasteiger partial charge in [-0.05, 0) is 31.1 Å². The van der Waals surface area contributed by atoms with Crippen molar-refractivity contribution in [3.05, 3.63) is 0 Å². The highest BCUT2D eigenvalue weighted by Crippen LogP contribution is 2.27. The van der Waals surface area contributed by atoms with Crippen LogP contribution in [0.25, 0.3) is 0 Å². The lowest BCUT2D eigenvalue weighted by atomic mass is 9.89. The quantitative estimate of drug-likeness (QED) is 0.778. The van der Waals surface area contributed by atoms with Crippen molar-refractivity contribution >= 4 is 21.6 Å². The predicted octanol–water partition coefficient (Wildman–Crippen LogP) is 2.36. The number of hydrogen-bond acceptors (Lipinski definition) is 2. The second kappa shape index (κ2) is 6.22. The van der Waals surface area contributed by atoms with Gasteiger partial charge in [-0.3, -0.25) is 0 Å². The maximum absolute atomic E-state index is 11.6. The minimum absolute atomic E-state index is 0.171. The lowest BCUT2D eigenvalue weighted by Crippen LogP contribution is -2.34. The molecule has 96 valence electrons. The Morgan fingerprint density at radius 2 is 2.06 bits per heavy atom. The van der Waals surface area contributed by atoms with E-state index in [0.717, 1.165) is 25.7 Å².